The number of hydrogen-bond acceptors (Lipinski definition) is 6. The van der Waals surface area contributed by atoms with E-state index in [-0.39, 0.29) is 11.8 Å². The Hall–Kier alpha value is -3.26. The lowest BCUT2D eigenvalue weighted by atomic mass is 10.1. The number of carbonyl (C=O) groups is 2. The van der Waals surface area contributed by atoms with Crippen LogP contribution in [-0.2, 0) is 0 Å². The van der Waals surface area contributed by atoms with Gasteiger partial charge in [0.2, 0.25) is 0 Å². The monoisotopic (exact) mass is 413 g/mol. The highest BCUT2D eigenvalue weighted by molar-refractivity contribution is 6.06. The number of piperazine rings is 1. The van der Waals surface area contributed by atoms with E-state index >= 15 is 0 Å². The smallest absolute Gasteiger partial charge is 0.256 e. The van der Waals surface area contributed by atoms with E-state index in [4.69, 9.17) is 14.2 Å². The Kier molecular flexibility index (Phi) is 6.79. The summed E-state index contributed by atoms with van der Waals surface area (Å²) in [5.41, 5.74) is 1.28. The van der Waals surface area contributed by atoms with Gasteiger partial charge in [0.15, 0.2) is 0 Å². The Morgan fingerprint density at radius 3 is 2.03 bits per heavy atom. The highest BCUT2D eigenvalue weighted by Gasteiger charge is 2.22. The number of methoxy groups -OCH3 is 3. The SMILES string of the molecule is COc1cc(OC)cc(C(=O)Nc2cc(C(=O)N3CCN(C)CC3)ccc2OC)c1. The summed E-state index contributed by atoms with van der Waals surface area (Å²) in [5.74, 6) is 1.04. The fraction of sp³-hybridized carbons (Fsp3) is 0.364. The van der Waals surface area contributed by atoms with Gasteiger partial charge in [0.25, 0.3) is 11.8 Å². The van der Waals surface area contributed by atoms with Gasteiger partial charge in [0, 0.05) is 43.4 Å². The normalized spacial score (nSPS) is 14.2. The summed E-state index contributed by atoms with van der Waals surface area (Å²) in [5, 5.41) is 2.83. The first-order chi connectivity index (χ1) is 14.4. The first kappa shape index (κ1) is 21.4. The van der Waals surface area contributed by atoms with Crippen LogP contribution in [0.4, 0.5) is 5.69 Å². The number of benzene rings is 2. The average Bonchev–Trinajstić information content (AvgIpc) is 2.78. The van der Waals surface area contributed by atoms with Crippen molar-refractivity contribution in [2.45, 2.75) is 0 Å². The molecule has 8 heteroatoms. The molecule has 2 aromatic carbocycles. The third kappa shape index (κ3) is 4.83. The Balaban J connectivity index is 1.84. The van der Waals surface area contributed by atoms with E-state index in [0.29, 0.717) is 47.2 Å². The van der Waals surface area contributed by atoms with Gasteiger partial charge < -0.3 is 29.3 Å². The van der Waals surface area contributed by atoms with E-state index in [9.17, 15) is 9.59 Å². The number of ether oxygens (including phenoxy) is 3. The molecule has 0 aromatic heterocycles. The number of hydrogen-bond donors (Lipinski definition) is 1. The van der Waals surface area contributed by atoms with Gasteiger partial charge in [-0.3, -0.25) is 9.59 Å². The van der Waals surface area contributed by atoms with Gasteiger partial charge in [-0.2, -0.15) is 0 Å². The van der Waals surface area contributed by atoms with Crippen LogP contribution in [0.3, 0.4) is 0 Å². The molecule has 2 amide bonds. The van der Waals surface area contributed by atoms with Crippen molar-refractivity contribution in [3.63, 3.8) is 0 Å². The average molecular weight is 413 g/mol. The summed E-state index contributed by atoms with van der Waals surface area (Å²) in [7, 11) is 6.60. The van der Waals surface area contributed by atoms with E-state index in [2.05, 4.69) is 10.2 Å². The Bertz CT molecular complexity index is 901. The molecular formula is C22H27N3O5. The fourth-order valence-electron chi connectivity index (χ4n) is 3.26. The first-order valence-corrected chi connectivity index (χ1v) is 9.65. The molecule has 1 aliphatic rings. The predicted octanol–water partition coefficient (Wildman–Crippen LogP) is 2.35. The lowest BCUT2D eigenvalue weighted by Crippen LogP contribution is -2.47. The molecule has 3 rings (SSSR count). The second-order valence-corrected chi connectivity index (χ2v) is 7.07. The molecule has 30 heavy (non-hydrogen) atoms. The minimum absolute atomic E-state index is 0.0655. The number of rotatable bonds is 6. The largest absolute Gasteiger partial charge is 0.497 e. The van der Waals surface area contributed by atoms with Crippen molar-refractivity contribution in [1.29, 1.82) is 0 Å². The van der Waals surface area contributed by atoms with Gasteiger partial charge >= 0.3 is 0 Å². The molecule has 1 N–H and O–H groups in total. The molecule has 0 spiro atoms. The van der Waals surface area contributed by atoms with Crippen LogP contribution in [-0.4, -0.2) is 76.2 Å². The Labute approximate surface area is 176 Å². The van der Waals surface area contributed by atoms with E-state index < -0.39 is 0 Å². The quantitative estimate of drug-likeness (QED) is 0.783. The van der Waals surface area contributed by atoms with Gasteiger partial charge in [-0.1, -0.05) is 0 Å². The van der Waals surface area contributed by atoms with Crippen molar-refractivity contribution >= 4 is 17.5 Å². The minimum Gasteiger partial charge on any atom is -0.497 e. The number of nitrogens with zero attached hydrogens (tertiary/aromatic N) is 2. The van der Waals surface area contributed by atoms with Crippen molar-refractivity contribution in [1.82, 2.24) is 9.80 Å². The van der Waals surface area contributed by atoms with Crippen molar-refractivity contribution < 1.29 is 23.8 Å². The van der Waals surface area contributed by atoms with Crippen molar-refractivity contribution in [2.24, 2.45) is 0 Å². The third-order valence-electron chi connectivity index (χ3n) is 5.10. The predicted molar refractivity (Wildman–Crippen MR) is 114 cm³/mol. The van der Waals surface area contributed by atoms with Crippen LogP contribution in [0.1, 0.15) is 20.7 Å². The van der Waals surface area contributed by atoms with Crippen molar-refractivity contribution in [3.8, 4) is 17.2 Å². The van der Waals surface area contributed by atoms with Gasteiger partial charge in [-0.25, -0.2) is 0 Å². The first-order valence-electron chi connectivity index (χ1n) is 9.65. The summed E-state index contributed by atoms with van der Waals surface area (Å²) < 4.78 is 15.8. The summed E-state index contributed by atoms with van der Waals surface area (Å²) in [6.45, 7) is 3.02. The van der Waals surface area contributed by atoms with E-state index in [0.717, 1.165) is 13.1 Å². The number of nitrogens with one attached hydrogen (secondary N) is 1. The molecule has 1 saturated heterocycles. The summed E-state index contributed by atoms with van der Waals surface area (Å²) in [6.07, 6.45) is 0. The molecule has 0 radical (unpaired) electrons. The van der Waals surface area contributed by atoms with E-state index in [1.807, 2.05) is 11.9 Å². The molecule has 1 fully saturated rings. The number of amides is 2. The van der Waals surface area contributed by atoms with Crippen LogP contribution >= 0.6 is 0 Å². The molecule has 8 nitrogen and oxygen atoms in total. The third-order valence-corrected chi connectivity index (χ3v) is 5.10. The van der Waals surface area contributed by atoms with Crippen LogP contribution in [0.15, 0.2) is 36.4 Å². The number of carbonyl (C=O) groups excluding carboxylic acids is 2. The molecule has 0 aliphatic carbocycles. The fourth-order valence-corrected chi connectivity index (χ4v) is 3.26. The molecule has 160 valence electrons. The van der Waals surface area contributed by atoms with Crippen molar-refractivity contribution in [3.05, 3.63) is 47.5 Å². The zero-order chi connectivity index (χ0) is 21.7. The molecule has 2 aromatic rings. The second-order valence-electron chi connectivity index (χ2n) is 7.07. The van der Waals surface area contributed by atoms with Crippen molar-refractivity contribution in [2.75, 3.05) is 59.9 Å². The second kappa shape index (κ2) is 9.49. The van der Waals surface area contributed by atoms with Crippen LogP contribution in [0, 0.1) is 0 Å². The topological polar surface area (TPSA) is 80.3 Å². The van der Waals surface area contributed by atoms with Crippen LogP contribution in [0.2, 0.25) is 0 Å². The minimum atomic E-state index is -0.366. The van der Waals surface area contributed by atoms with Gasteiger partial charge in [0.05, 0.1) is 27.0 Å². The van der Waals surface area contributed by atoms with E-state index in [1.165, 1.54) is 21.3 Å². The summed E-state index contributed by atoms with van der Waals surface area (Å²) in [4.78, 5) is 29.8. The highest BCUT2D eigenvalue weighted by Crippen LogP contribution is 2.28. The zero-order valence-electron chi connectivity index (χ0n) is 17.7. The Morgan fingerprint density at radius 2 is 1.47 bits per heavy atom. The Morgan fingerprint density at radius 1 is 0.833 bits per heavy atom. The molecule has 0 saturated carbocycles. The summed E-state index contributed by atoms with van der Waals surface area (Å²) >= 11 is 0. The number of anilines is 1. The molecule has 1 aliphatic heterocycles. The molecule has 0 unspecified atom stereocenters. The van der Waals surface area contributed by atoms with Gasteiger partial charge in [-0.15, -0.1) is 0 Å². The molecular weight excluding hydrogens is 386 g/mol. The molecule has 0 bridgehead atoms. The maximum absolute atomic E-state index is 12.9. The lowest BCUT2D eigenvalue weighted by molar-refractivity contribution is 0.0664. The van der Waals surface area contributed by atoms with Gasteiger partial charge in [-0.05, 0) is 37.4 Å². The lowest BCUT2D eigenvalue weighted by Gasteiger charge is -2.32. The zero-order valence-corrected chi connectivity index (χ0v) is 17.7. The summed E-state index contributed by atoms with van der Waals surface area (Å²) in [6, 6.07) is 9.96. The van der Waals surface area contributed by atoms with E-state index in [1.54, 1.807) is 36.4 Å². The van der Waals surface area contributed by atoms with Gasteiger partial charge in [0.1, 0.15) is 17.2 Å². The highest BCUT2D eigenvalue weighted by atomic mass is 16.5. The number of likely N-dealkylation sites (N-methyl/N-ethyl adjacent to an activating group) is 1. The standard InChI is InChI=1S/C22H27N3O5/c1-24-7-9-25(10-8-24)22(27)15-5-6-20(30-4)19(13-15)23-21(26)16-11-17(28-2)14-18(12-16)29-3/h5-6,11-14H,7-10H2,1-4H3,(H,23,26). The molecule has 1 heterocycles. The maximum Gasteiger partial charge on any atom is 0.256 e. The van der Waals surface area contributed by atoms with Crippen LogP contribution in [0.25, 0.3) is 0 Å². The van der Waals surface area contributed by atoms with Crippen LogP contribution in [0.5, 0.6) is 17.2 Å². The van der Waals surface area contributed by atoms with Crippen LogP contribution < -0.4 is 19.5 Å². The maximum atomic E-state index is 12.9. The molecule has 0 atom stereocenters.